The standard InChI is InChI=1S/C27H42O2/c1-17(2)7-6-8-18(3)21-9-10-22-20-16-25(29)24-15-19(28)11-13-27(24,5)23(20)12-14-26(21,22)4/h16-18,21-24H,6-15H2,1-5H3/t18-,21-,22+,23+,24?,26-,27-/m1/s1. The van der Waals surface area contributed by atoms with Crippen LogP contribution in [0.5, 0.6) is 0 Å². The van der Waals surface area contributed by atoms with Crippen LogP contribution in [-0.2, 0) is 9.59 Å². The van der Waals surface area contributed by atoms with Gasteiger partial charge in [0.05, 0.1) is 0 Å². The molecular formula is C27H42O2. The molecule has 1 unspecified atom stereocenters. The number of rotatable bonds is 5. The van der Waals surface area contributed by atoms with E-state index in [0.717, 1.165) is 24.2 Å². The summed E-state index contributed by atoms with van der Waals surface area (Å²) in [6.45, 7) is 12.0. The first-order valence-electron chi connectivity index (χ1n) is 12.4. The van der Waals surface area contributed by atoms with Gasteiger partial charge in [0.1, 0.15) is 5.78 Å². The van der Waals surface area contributed by atoms with Crippen molar-refractivity contribution < 1.29 is 9.59 Å². The van der Waals surface area contributed by atoms with E-state index in [1.54, 1.807) is 0 Å². The second-order valence-corrected chi connectivity index (χ2v) is 12.0. The second-order valence-electron chi connectivity index (χ2n) is 12.0. The monoisotopic (exact) mass is 398 g/mol. The van der Waals surface area contributed by atoms with E-state index in [2.05, 4.69) is 34.6 Å². The van der Waals surface area contributed by atoms with E-state index in [9.17, 15) is 9.59 Å². The number of carbonyl (C=O) groups is 2. The zero-order valence-electron chi connectivity index (χ0n) is 19.4. The minimum absolute atomic E-state index is 0.0252. The second kappa shape index (κ2) is 7.65. The Kier molecular flexibility index (Phi) is 5.62. The van der Waals surface area contributed by atoms with Crippen LogP contribution in [0.3, 0.4) is 0 Å². The summed E-state index contributed by atoms with van der Waals surface area (Å²) in [5.41, 5.74) is 1.89. The maximum atomic E-state index is 13.1. The molecule has 162 valence electrons. The molecule has 2 heteroatoms. The van der Waals surface area contributed by atoms with Gasteiger partial charge in [0, 0.05) is 18.8 Å². The molecular weight excluding hydrogens is 356 g/mol. The van der Waals surface area contributed by atoms with E-state index in [-0.39, 0.29) is 17.1 Å². The fourth-order valence-corrected chi connectivity index (χ4v) is 8.18. The van der Waals surface area contributed by atoms with Crippen LogP contribution in [0.15, 0.2) is 11.6 Å². The Morgan fingerprint density at radius 2 is 1.66 bits per heavy atom. The number of allylic oxidation sites excluding steroid dienone is 2. The molecule has 0 heterocycles. The summed E-state index contributed by atoms with van der Waals surface area (Å²) in [6, 6.07) is 0. The van der Waals surface area contributed by atoms with Crippen LogP contribution in [0.1, 0.15) is 98.8 Å². The summed E-state index contributed by atoms with van der Waals surface area (Å²) < 4.78 is 0. The molecule has 0 saturated heterocycles. The van der Waals surface area contributed by atoms with Gasteiger partial charge in [-0.2, -0.15) is 0 Å². The summed E-state index contributed by atoms with van der Waals surface area (Å²) in [6.07, 6.45) is 13.3. The molecule has 4 aliphatic carbocycles. The summed E-state index contributed by atoms with van der Waals surface area (Å²) in [7, 11) is 0. The highest BCUT2D eigenvalue weighted by Crippen LogP contribution is 2.66. The highest BCUT2D eigenvalue weighted by molar-refractivity contribution is 5.98. The van der Waals surface area contributed by atoms with E-state index in [1.165, 1.54) is 50.5 Å². The van der Waals surface area contributed by atoms with Crippen LogP contribution in [0.2, 0.25) is 0 Å². The van der Waals surface area contributed by atoms with Gasteiger partial charge in [0.25, 0.3) is 0 Å². The molecule has 4 rings (SSSR count). The van der Waals surface area contributed by atoms with Gasteiger partial charge in [-0.3, -0.25) is 9.59 Å². The van der Waals surface area contributed by atoms with Crippen molar-refractivity contribution in [2.24, 2.45) is 46.3 Å². The van der Waals surface area contributed by atoms with Crippen LogP contribution in [0, 0.1) is 46.3 Å². The first-order valence-corrected chi connectivity index (χ1v) is 12.4. The van der Waals surface area contributed by atoms with Crippen molar-refractivity contribution in [2.75, 3.05) is 0 Å². The largest absolute Gasteiger partial charge is 0.300 e. The molecule has 0 aromatic heterocycles. The average molecular weight is 399 g/mol. The lowest BCUT2D eigenvalue weighted by molar-refractivity contribution is -0.138. The third-order valence-electron chi connectivity index (χ3n) is 9.93. The molecule has 0 spiro atoms. The Morgan fingerprint density at radius 1 is 0.931 bits per heavy atom. The van der Waals surface area contributed by atoms with E-state index < -0.39 is 0 Å². The zero-order valence-corrected chi connectivity index (χ0v) is 19.4. The van der Waals surface area contributed by atoms with Gasteiger partial charge in [0.15, 0.2) is 5.78 Å². The molecule has 0 amide bonds. The third kappa shape index (κ3) is 3.47. The van der Waals surface area contributed by atoms with E-state index in [4.69, 9.17) is 0 Å². The molecule has 7 atom stereocenters. The fourth-order valence-electron chi connectivity index (χ4n) is 8.18. The van der Waals surface area contributed by atoms with Crippen molar-refractivity contribution in [1.29, 1.82) is 0 Å². The van der Waals surface area contributed by atoms with Gasteiger partial charge in [0.2, 0.25) is 0 Å². The SMILES string of the molecule is CC(C)CCC[C@@H](C)[C@H]1CC[C@H]2C3=CC(=O)C4CC(=O)CC[C@]4(C)[C@H]3CC[C@]12C. The predicted octanol–water partition coefficient (Wildman–Crippen LogP) is 6.78. The Morgan fingerprint density at radius 3 is 2.38 bits per heavy atom. The number of carbonyl (C=O) groups excluding carboxylic acids is 2. The van der Waals surface area contributed by atoms with Crippen molar-refractivity contribution in [3.05, 3.63) is 11.6 Å². The molecule has 3 fully saturated rings. The number of fused-ring (bicyclic) bond motifs is 5. The molecule has 0 N–H and O–H groups in total. The molecule has 29 heavy (non-hydrogen) atoms. The average Bonchev–Trinajstić information content (AvgIpc) is 3.00. The lowest BCUT2D eigenvalue weighted by Gasteiger charge is -2.56. The highest BCUT2D eigenvalue weighted by atomic mass is 16.1. The first-order chi connectivity index (χ1) is 13.7. The predicted molar refractivity (Wildman–Crippen MR) is 118 cm³/mol. The number of ketones is 2. The van der Waals surface area contributed by atoms with Gasteiger partial charge < -0.3 is 0 Å². The highest BCUT2D eigenvalue weighted by Gasteiger charge is 2.59. The molecule has 3 saturated carbocycles. The van der Waals surface area contributed by atoms with Gasteiger partial charge >= 0.3 is 0 Å². The zero-order chi connectivity index (χ0) is 21.0. The fraction of sp³-hybridized carbons (Fsp3) is 0.852. The molecule has 2 nitrogen and oxygen atoms in total. The van der Waals surface area contributed by atoms with Gasteiger partial charge in [-0.05, 0) is 78.6 Å². The van der Waals surface area contributed by atoms with Crippen molar-refractivity contribution >= 4 is 11.6 Å². The van der Waals surface area contributed by atoms with Crippen molar-refractivity contribution in [3.8, 4) is 0 Å². The third-order valence-corrected chi connectivity index (χ3v) is 9.93. The van der Waals surface area contributed by atoms with Crippen LogP contribution in [-0.4, -0.2) is 11.6 Å². The van der Waals surface area contributed by atoms with Gasteiger partial charge in [-0.1, -0.05) is 59.5 Å². The minimum atomic E-state index is -0.0472. The van der Waals surface area contributed by atoms with E-state index in [0.29, 0.717) is 35.9 Å². The smallest absolute Gasteiger partial charge is 0.159 e. The Labute approximate surface area is 178 Å². The van der Waals surface area contributed by atoms with Crippen molar-refractivity contribution in [3.63, 3.8) is 0 Å². The number of Topliss-reactive ketones (excluding diaryl/α,β-unsaturated/α-hetero) is 1. The van der Waals surface area contributed by atoms with Crippen molar-refractivity contribution in [1.82, 2.24) is 0 Å². The first kappa shape index (κ1) is 21.3. The summed E-state index contributed by atoms with van der Waals surface area (Å²) in [5.74, 6) is 4.04. The van der Waals surface area contributed by atoms with Crippen LogP contribution in [0.4, 0.5) is 0 Å². The molecule has 4 aliphatic rings. The molecule has 0 bridgehead atoms. The number of hydrogen-bond acceptors (Lipinski definition) is 2. The van der Waals surface area contributed by atoms with Gasteiger partial charge in [-0.25, -0.2) is 0 Å². The van der Waals surface area contributed by atoms with E-state index >= 15 is 0 Å². The maximum Gasteiger partial charge on any atom is 0.159 e. The molecule has 0 aliphatic heterocycles. The van der Waals surface area contributed by atoms with Crippen LogP contribution in [0.25, 0.3) is 0 Å². The lowest BCUT2D eigenvalue weighted by Crippen LogP contribution is -2.52. The van der Waals surface area contributed by atoms with E-state index in [1.807, 2.05) is 6.08 Å². The van der Waals surface area contributed by atoms with Gasteiger partial charge in [-0.15, -0.1) is 0 Å². The molecule has 0 aromatic rings. The summed E-state index contributed by atoms with van der Waals surface area (Å²) in [4.78, 5) is 25.2. The normalized spacial score (nSPS) is 42.9. The Bertz CT molecular complexity index is 703. The summed E-state index contributed by atoms with van der Waals surface area (Å²) in [5, 5.41) is 0. The lowest BCUT2D eigenvalue weighted by atomic mass is 9.47. The topological polar surface area (TPSA) is 34.1 Å². The van der Waals surface area contributed by atoms with Crippen LogP contribution < -0.4 is 0 Å². The maximum absolute atomic E-state index is 13.1. The molecule has 0 radical (unpaired) electrons. The summed E-state index contributed by atoms with van der Waals surface area (Å²) >= 11 is 0. The Hall–Kier alpha value is -0.920. The quantitative estimate of drug-likeness (QED) is 0.512. The molecule has 0 aromatic carbocycles. The van der Waals surface area contributed by atoms with Crippen LogP contribution >= 0.6 is 0 Å². The Balaban J connectivity index is 1.56. The minimum Gasteiger partial charge on any atom is -0.300 e. The van der Waals surface area contributed by atoms with Crippen molar-refractivity contribution in [2.45, 2.75) is 98.8 Å². The number of hydrogen-bond donors (Lipinski definition) is 0.